The Kier molecular flexibility index (Phi) is 7.17. The van der Waals surface area contributed by atoms with Crippen molar-refractivity contribution in [3.05, 3.63) is 200 Å². The number of fused-ring (bicyclic) bond motifs is 8. The molecule has 55 heavy (non-hydrogen) atoms. The molecule has 0 aliphatic heterocycles. The number of rotatable bonds is 6. The molecule has 0 radical (unpaired) electrons. The average molecular weight is 704 g/mol. The van der Waals surface area contributed by atoms with Crippen LogP contribution in [0.3, 0.4) is 0 Å². The molecule has 11 aromatic rings. The molecule has 2 heterocycles. The largest absolute Gasteiger partial charge is 0.456 e. The Morgan fingerprint density at radius 1 is 0.327 bits per heavy atom. The van der Waals surface area contributed by atoms with Gasteiger partial charge in [-0.3, -0.25) is 0 Å². The first-order valence-corrected chi connectivity index (χ1v) is 18.7. The lowest BCUT2D eigenvalue weighted by Gasteiger charge is -2.28. The number of anilines is 3. The normalized spacial score (nSPS) is 11.6. The van der Waals surface area contributed by atoms with Crippen LogP contribution >= 0.6 is 0 Å². The van der Waals surface area contributed by atoms with E-state index in [0.29, 0.717) is 0 Å². The summed E-state index contributed by atoms with van der Waals surface area (Å²) in [5.41, 5.74) is 13.3. The molecule has 0 amide bonds. The molecular weight excluding hydrogens is 671 g/mol. The highest BCUT2D eigenvalue weighted by atomic mass is 16.3. The Morgan fingerprint density at radius 2 is 0.855 bits per heavy atom. The zero-order chi connectivity index (χ0) is 36.3. The third-order valence-electron chi connectivity index (χ3n) is 10.9. The molecule has 0 unspecified atom stereocenters. The molecule has 0 aliphatic carbocycles. The van der Waals surface area contributed by atoms with E-state index in [1.807, 2.05) is 24.3 Å². The lowest BCUT2D eigenvalue weighted by molar-refractivity contribution is 0.663. The van der Waals surface area contributed by atoms with Gasteiger partial charge in [0.1, 0.15) is 16.7 Å². The van der Waals surface area contributed by atoms with Crippen molar-refractivity contribution >= 4 is 71.7 Å². The van der Waals surface area contributed by atoms with Crippen LogP contribution in [0.25, 0.3) is 88.0 Å². The second-order valence-electron chi connectivity index (χ2n) is 14.1. The Morgan fingerprint density at radius 3 is 1.53 bits per heavy atom. The van der Waals surface area contributed by atoms with E-state index in [9.17, 15) is 0 Å². The van der Waals surface area contributed by atoms with Gasteiger partial charge in [-0.15, -0.1) is 0 Å². The van der Waals surface area contributed by atoms with Crippen molar-refractivity contribution in [2.45, 2.75) is 0 Å². The zero-order valence-electron chi connectivity index (χ0n) is 29.8. The predicted octanol–water partition coefficient (Wildman–Crippen LogP) is 15.1. The summed E-state index contributed by atoms with van der Waals surface area (Å²) in [5, 5.41) is 6.64. The topological polar surface area (TPSA) is 29.5 Å². The van der Waals surface area contributed by atoms with E-state index in [4.69, 9.17) is 8.83 Å². The van der Waals surface area contributed by atoms with Crippen LogP contribution in [-0.2, 0) is 0 Å². The summed E-state index contributed by atoms with van der Waals surface area (Å²) >= 11 is 0. The number of benzene rings is 9. The van der Waals surface area contributed by atoms with E-state index in [1.54, 1.807) is 0 Å². The van der Waals surface area contributed by atoms with Crippen LogP contribution < -0.4 is 4.90 Å². The molecule has 0 aliphatic rings. The van der Waals surface area contributed by atoms with Gasteiger partial charge in [-0.2, -0.15) is 0 Å². The molecule has 3 nitrogen and oxygen atoms in total. The van der Waals surface area contributed by atoms with Crippen molar-refractivity contribution in [1.29, 1.82) is 0 Å². The molecule has 0 atom stereocenters. The number of hydrogen-bond acceptors (Lipinski definition) is 3. The van der Waals surface area contributed by atoms with Gasteiger partial charge in [-0.25, -0.2) is 0 Å². The van der Waals surface area contributed by atoms with Gasteiger partial charge in [0.15, 0.2) is 5.58 Å². The molecule has 0 spiro atoms. The van der Waals surface area contributed by atoms with Crippen LogP contribution in [-0.4, -0.2) is 0 Å². The van der Waals surface area contributed by atoms with Crippen LogP contribution in [0.4, 0.5) is 17.1 Å². The maximum absolute atomic E-state index is 7.09. The zero-order valence-corrected chi connectivity index (χ0v) is 29.8. The SMILES string of the molecule is c1ccc(-c2ccc(N(c3ccc(-c4ccccc4)cc3)c3c(-c4ccc5ccccc5c4)ccc4c3oc3ccc5oc6ccccc6c5c34)cc2)cc1. The monoisotopic (exact) mass is 703 g/mol. The van der Waals surface area contributed by atoms with Crippen LogP contribution in [0.1, 0.15) is 0 Å². The molecular formula is C52H33NO2. The fraction of sp³-hybridized carbons (Fsp3) is 0. The van der Waals surface area contributed by atoms with Crippen LogP contribution in [0.2, 0.25) is 0 Å². The molecule has 0 bridgehead atoms. The van der Waals surface area contributed by atoms with E-state index in [0.717, 1.165) is 83.2 Å². The predicted molar refractivity (Wildman–Crippen MR) is 229 cm³/mol. The second-order valence-corrected chi connectivity index (χ2v) is 14.1. The Bertz CT molecular complexity index is 3090. The summed E-state index contributed by atoms with van der Waals surface area (Å²) in [4.78, 5) is 2.36. The average Bonchev–Trinajstić information content (AvgIpc) is 3.83. The Labute approximate surface area is 317 Å². The van der Waals surface area contributed by atoms with E-state index in [2.05, 4.69) is 181 Å². The van der Waals surface area contributed by atoms with E-state index in [-0.39, 0.29) is 0 Å². The molecule has 258 valence electrons. The van der Waals surface area contributed by atoms with Crippen LogP contribution in [0.15, 0.2) is 209 Å². The standard InChI is InChI=1S/C52H33NO2/c1-3-11-34(12-4-1)37-21-25-41(26-22-37)53(42-27-23-38(24-28-42)35-13-5-2-6-14-35)51-43(40-20-19-36-15-7-8-16-39(36)33-40)29-30-45-50-48(55-52(45)51)32-31-47-49(50)44-17-9-10-18-46(44)54-47/h1-33H. The summed E-state index contributed by atoms with van der Waals surface area (Å²) in [6.07, 6.45) is 0. The molecule has 11 rings (SSSR count). The number of nitrogens with zero attached hydrogens (tertiary/aromatic N) is 1. The van der Waals surface area contributed by atoms with Gasteiger partial charge < -0.3 is 13.7 Å². The molecule has 2 aromatic heterocycles. The number of hydrogen-bond donors (Lipinski definition) is 0. The maximum atomic E-state index is 7.09. The summed E-state index contributed by atoms with van der Waals surface area (Å²) in [6.45, 7) is 0. The van der Waals surface area contributed by atoms with Crippen molar-refractivity contribution in [2.24, 2.45) is 0 Å². The lowest BCUT2D eigenvalue weighted by Crippen LogP contribution is -2.11. The fourth-order valence-electron chi connectivity index (χ4n) is 8.22. The third-order valence-corrected chi connectivity index (χ3v) is 10.9. The molecule has 0 saturated heterocycles. The third kappa shape index (κ3) is 5.20. The van der Waals surface area contributed by atoms with Crippen molar-refractivity contribution in [3.8, 4) is 33.4 Å². The molecule has 0 fully saturated rings. The van der Waals surface area contributed by atoms with E-state index in [1.165, 1.54) is 21.9 Å². The summed E-state index contributed by atoms with van der Waals surface area (Å²) in [5.74, 6) is 0. The van der Waals surface area contributed by atoms with Crippen LogP contribution in [0, 0.1) is 0 Å². The van der Waals surface area contributed by atoms with Gasteiger partial charge in [-0.05, 0) is 93.2 Å². The highest BCUT2D eigenvalue weighted by molar-refractivity contribution is 6.27. The maximum Gasteiger partial charge on any atom is 0.160 e. The summed E-state index contributed by atoms with van der Waals surface area (Å²) in [6, 6.07) is 70.9. The first kappa shape index (κ1) is 31.2. The van der Waals surface area contributed by atoms with Gasteiger partial charge in [0.05, 0.1) is 5.69 Å². The number of furan rings is 2. The molecule has 0 saturated carbocycles. The van der Waals surface area contributed by atoms with Crippen molar-refractivity contribution in [2.75, 3.05) is 4.90 Å². The Balaban J connectivity index is 1.21. The lowest BCUT2D eigenvalue weighted by atomic mass is 9.96. The molecule has 3 heteroatoms. The highest BCUT2D eigenvalue weighted by Gasteiger charge is 2.26. The van der Waals surface area contributed by atoms with E-state index >= 15 is 0 Å². The fourth-order valence-corrected chi connectivity index (χ4v) is 8.22. The quantitative estimate of drug-likeness (QED) is 0.173. The smallest absolute Gasteiger partial charge is 0.160 e. The first-order valence-electron chi connectivity index (χ1n) is 18.7. The summed E-state index contributed by atoms with van der Waals surface area (Å²) < 4.78 is 13.5. The minimum atomic E-state index is 0.817. The van der Waals surface area contributed by atoms with Crippen molar-refractivity contribution < 1.29 is 8.83 Å². The van der Waals surface area contributed by atoms with Crippen molar-refractivity contribution in [1.82, 2.24) is 0 Å². The minimum absolute atomic E-state index is 0.817. The van der Waals surface area contributed by atoms with Gasteiger partial charge in [0, 0.05) is 38.5 Å². The first-order chi connectivity index (χ1) is 27.3. The van der Waals surface area contributed by atoms with Crippen LogP contribution in [0.5, 0.6) is 0 Å². The van der Waals surface area contributed by atoms with Gasteiger partial charge in [0.2, 0.25) is 0 Å². The van der Waals surface area contributed by atoms with Gasteiger partial charge >= 0.3 is 0 Å². The Hall–Kier alpha value is -7.36. The summed E-state index contributed by atoms with van der Waals surface area (Å²) in [7, 11) is 0. The number of para-hydroxylation sites is 1. The van der Waals surface area contributed by atoms with Gasteiger partial charge in [-0.1, -0.05) is 146 Å². The van der Waals surface area contributed by atoms with Crippen molar-refractivity contribution in [3.63, 3.8) is 0 Å². The minimum Gasteiger partial charge on any atom is -0.456 e. The second kappa shape index (κ2) is 12.6. The highest BCUT2D eigenvalue weighted by Crippen LogP contribution is 2.50. The molecule has 9 aromatic carbocycles. The molecule has 0 N–H and O–H groups in total. The van der Waals surface area contributed by atoms with Gasteiger partial charge in [0.25, 0.3) is 0 Å². The van der Waals surface area contributed by atoms with E-state index < -0.39 is 0 Å².